The maximum absolute atomic E-state index is 13.6. The molecule has 2 aromatic rings. The summed E-state index contributed by atoms with van der Waals surface area (Å²) in [4.78, 5) is 0. The molecule has 0 radical (unpaired) electrons. The number of rotatable bonds is 2. The van der Waals surface area contributed by atoms with Gasteiger partial charge in [-0.3, -0.25) is 0 Å². The highest BCUT2D eigenvalue weighted by Gasteiger charge is 2.26. The Kier molecular flexibility index (Phi) is 5.65. The van der Waals surface area contributed by atoms with Crippen LogP contribution in [0, 0.1) is 20.8 Å². The van der Waals surface area contributed by atoms with E-state index in [0.717, 1.165) is 18.1 Å². The summed E-state index contributed by atoms with van der Waals surface area (Å²) in [5.41, 5.74) is 4.92. The van der Waals surface area contributed by atoms with Crippen molar-refractivity contribution in [1.82, 2.24) is 0 Å². The molecule has 0 fully saturated rings. The van der Waals surface area contributed by atoms with Crippen LogP contribution in [0.25, 0.3) is 11.1 Å². The Hall–Kier alpha value is -1.70. The maximum Gasteiger partial charge on any atom is 0.270 e. The fourth-order valence-electron chi connectivity index (χ4n) is 2.20. The van der Waals surface area contributed by atoms with Crippen molar-refractivity contribution in [2.45, 2.75) is 47.5 Å². The third-order valence-electron chi connectivity index (χ3n) is 3.55. The highest BCUT2D eigenvalue weighted by atomic mass is 19.3. The Labute approximate surface area is 126 Å². The zero-order valence-electron chi connectivity index (χ0n) is 13.7. The van der Waals surface area contributed by atoms with E-state index in [2.05, 4.69) is 0 Å². The van der Waals surface area contributed by atoms with Gasteiger partial charge in [0.05, 0.1) is 0 Å². The first-order valence-electron chi connectivity index (χ1n) is 7.35. The van der Waals surface area contributed by atoms with Gasteiger partial charge in [0.25, 0.3) is 5.92 Å². The molecule has 0 bridgehead atoms. The Morgan fingerprint density at radius 2 is 1.19 bits per heavy atom. The molecule has 2 rings (SSSR count). The van der Waals surface area contributed by atoms with Crippen molar-refractivity contribution in [2.24, 2.45) is 0 Å². The van der Waals surface area contributed by atoms with Crippen molar-refractivity contribution in [3.8, 4) is 11.1 Å². The summed E-state index contributed by atoms with van der Waals surface area (Å²) in [6.07, 6.45) is 0. The number of alkyl halides is 2. The first kappa shape index (κ1) is 17.4. The summed E-state index contributed by atoms with van der Waals surface area (Å²) in [6.45, 7) is 10.7. The highest BCUT2D eigenvalue weighted by Crippen LogP contribution is 2.33. The monoisotopic (exact) mass is 290 g/mol. The maximum atomic E-state index is 13.6. The van der Waals surface area contributed by atoms with E-state index in [4.69, 9.17) is 0 Å². The van der Waals surface area contributed by atoms with E-state index in [-0.39, 0.29) is 5.56 Å². The molecule has 0 N–H and O–H groups in total. The minimum atomic E-state index is -2.81. The van der Waals surface area contributed by atoms with Gasteiger partial charge < -0.3 is 0 Å². The van der Waals surface area contributed by atoms with E-state index in [9.17, 15) is 8.78 Å². The molecule has 2 heteroatoms. The van der Waals surface area contributed by atoms with E-state index in [1.807, 2.05) is 52.0 Å². The number of aryl methyl sites for hydroxylation is 3. The van der Waals surface area contributed by atoms with Gasteiger partial charge in [0.15, 0.2) is 0 Å². The standard InChI is InChI=1S/C17H18F2.C2H6/c1-11-5-7-14(9-13(11)3)15-8-6-12(2)16(10-15)17(4,18)19;1-2/h5-10H,1-4H3;1-2H3. The highest BCUT2D eigenvalue weighted by molar-refractivity contribution is 5.66. The largest absolute Gasteiger partial charge is 0.270 e. The minimum Gasteiger partial charge on any atom is -0.202 e. The van der Waals surface area contributed by atoms with Crippen LogP contribution in [-0.2, 0) is 5.92 Å². The van der Waals surface area contributed by atoms with Gasteiger partial charge in [-0.15, -0.1) is 0 Å². The average Bonchev–Trinajstić information content (AvgIpc) is 2.43. The number of hydrogen-bond acceptors (Lipinski definition) is 0. The lowest BCUT2D eigenvalue weighted by molar-refractivity contribution is 0.0169. The molecule has 0 amide bonds. The molecule has 0 heterocycles. The summed E-state index contributed by atoms with van der Waals surface area (Å²) in [5.74, 6) is -2.81. The fraction of sp³-hybridized carbons (Fsp3) is 0.368. The van der Waals surface area contributed by atoms with Crippen LogP contribution in [0.1, 0.15) is 43.0 Å². The van der Waals surface area contributed by atoms with Crippen LogP contribution in [0.2, 0.25) is 0 Å². The molecular formula is C19H24F2. The predicted molar refractivity (Wildman–Crippen MR) is 87.0 cm³/mol. The number of benzene rings is 2. The van der Waals surface area contributed by atoms with Gasteiger partial charge in [0, 0.05) is 12.5 Å². The third kappa shape index (κ3) is 4.13. The first-order chi connectivity index (χ1) is 9.79. The summed E-state index contributed by atoms with van der Waals surface area (Å²) in [7, 11) is 0. The summed E-state index contributed by atoms with van der Waals surface area (Å²) >= 11 is 0. The van der Waals surface area contributed by atoms with Gasteiger partial charge in [0.1, 0.15) is 0 Å². The van der Waals surface area contributed by atoms with Gasteiger partial charge >= 0.3 is 0 Å². The second-order valence-corrected chi connectivity index (χ2v) is 5.22. The Morgan fingerprint density at radius 1 is 0.714 bits per heavy atom. The van der Waals surface area contributed by atoms with Gasteiger partial charge in [-0.2, -0.15) is 0 Å². The van der Waals surface area contributed by atoms with Crippen LogP contribution < -0.4 is 0 Å². The van der Waals surface area contributed by atoms with Crippen LogP contribution in [0.3, 0.4) is 0 Å². The Balaban J connectivity index is 0.00000106. The van der Waals surface area contributed by atoms with Crippen molar-refractivity contribution in [1.29, 1.82) is 0 Å². The van der Waals surface area contributed by atoms with E-state index < -0.39 is 5.92 Å². The molecule has 0 spiro atoms. The molecule has 0 nitrogen and oxygen atoms in total. The molecular weight excluding hydrogens is 266 g/mol. The lowest BCUT2D eigenvalue weighted by Crippen LogP contribution is -2.09. The lowest BCUT2D eigenvalue weighted by atomic mass is 9.95. The van der Waals surface area contributed by atoms with Crippen LogP contribution in [-0.4, -0.2) is 0 Å². The summed E-state index contributed by atoms with van der Waals surface area (Å²) in [6, 6.07) is 11.3. The van der Waals surface area contributed by atoms with Crippen molar-refractivity contribution >= 4 is 0 Å². The van der Waals surface area contributed by atoms with Crippen LogP contribution >= 0.6 is 0 Å². The lowest BCUT2D eigenvalue weighted by Gasteiger charge is -2.15. The molecule has 0 atom stereocenters. The van der Waals surface area contributed by atoms with Crippen molar-refractivity contribution in [3.63, 3.8) is 0 Å². The smallest absolute Gasteiger partial charge is 0.202 e. The molecule has 0 unspecified atom stereocenters. The molecule has 21 heavy (non-hydrogen) atoms. The molecule has 2 aromatic carbocycles. The molecule has 0 aliphatic carbocycles. The van der Waals surface area contributed by atoms with Gasteiger partial charge in [0.2, 0.25) is 0 Å². The van der Waals surface area contributed by atoms with Gasteiger partial charge in [-0.05, 0) is 54.7 Å². The molecule has 0 aliphatic heterocycles. The Morgan fingerprint density at radius 3 is 1.67 bits per heavy atom. The minimum absolute atomic E-state index is 0.100. The van der Waals surface area contributed by atoms with E-state index in [0.29, 0.717) is 5.56 Å². The third-order valence-corrected chi connectivity index (χ3v) is 3.55. The van der Waals surface area contributed by atoms with E-state index in [1.54, 1.807) is 19.1 Å². The molecule has 0 saturated heterocycles. The predicted octanol–water partition coefficient (Wildman–Crippen LogP) is 6.42. The molecule has 0 saturated carbocycles. The van der Waals surface area contributed by atoms with Crippen LogP contribution in [0.5, 0.6) is 0 Å². The average molecular weight is 290 g/mol. The van der Waals surface area contributed by atoms with Gasteiger partial charge in [-0.1, -0.05) is 44.2 Å². The van der Waals surface area contributed by atoms with Crippen molar-refractivity contribution < 1.29 is 8.78 Å². The van der Waals surface area contributed by atoms with Crippen molar-refractivity contribution in [3.05, 3.63) is 58.7 Å². The normalized spacial score (nSPS) is 10.9. The van der Waals surface area contributed by atoms with Crippen LogP contribution in [0.15, 0.2) is 36.4 Å². The topological polar surface area (TPSA) is 0 Å². The van der Waals surface area contributed by atoms with Crippen molar-refractivity contribution in [2.75, 3.05) is 0 Å². The SMILES string of the molecule is CC.Cc1ccc(-c2ccc(C)c(C(C)(F)F)c2)cc1C. The number of halogens is 2. The van der Waals surface area contributed by atoms with Gasteiger partial charge in [-0.25, -0.2) is 8.78 Å². The van der Waals surface area contributed by atoms with E-state index in [1.165, 1.54) is 11.1 Å². The second kappa shape index (κ2) is 6.84. The Bertz CT molecular complexity index is 607. The molecule has 0 aromatic heterocycles. The zero-order chi connectivity index (χ0) is 16.2. The number of hydrogen-bond donors (Lipinski definition) is 0. The first-order valence-corrected chi connectivity index (χ1v) is 7.35. The van der Waals surface area contributed by atoms with Crippen LogP contribution in [0.4, 0.5) is 8.78 Å². The van der Waals surface area contributed by atoms with E-state index >= 15 is 0 Å². The zero-order valence-corrected chi connectivity index (χ0v) is 13.7. The fourth-order valence-corrected chi connectivity index (χ4v) is 2.20. The summed E-state index contributed by atoms with van der Waals surface area (Å²) in [5, 5.41) is 0. The second-order valence-electron chi connectivity index (χ2n) is 5.22. The quantitative estimate of drug-likeness (QED) is 0.599. The molecule has 114 valence electrons. The molecule has 0 aliphatic rings. The summed E-state index contributed by atoms with van der Waals surface area (Å²) < 4.78 is 27.1.